The minimum Gasteiger partial charge on any atom is -0.370 e. The molecule has 7 heteroatoms. The van der Waals surface area contributed by atoms with Crippen molar-refractivity contribution < 1.29 is 8.42 Å². The SMILES string of the molecule is CCCN(CC)CCNS(=O)(=O)c1ccnc(NCC)c1. The van der Waals surface area contributed by atoms with Crippen molar-refractivity contribution in [1.82, 2.24) is 14.6 Å². The third-order valence-corrected chi connectivity index (χ3v) is 4.57. The van der Waals surface area contributed by atoms with Crippen LogP contribution in [0, 0.1) is 0 Å². The van der Waals surface area contributed by atoms with Crippen LogP contribution in [0.15, 0.2) is 23.2 Å². The molecule has 0 unspecified atom stereocenters. The zero-order valence-electron chi connectivity index (χ0n) is 13.1. The van der Waals surface area contributed by atoms with Gasteiger partial charge in [0.05, 0.1) is 4.90 Å². The number of aromatic nitrogens is 1. The molecule has 120 valence electrons. The minimum atomic E-state index is -3.48. The predicted molar refractivity (Wildman–Crippen MR) is 86.0 cm³/mol. The maximum absolute atomic E-state index is 12.2. The molecule has 0 aliphatic carbocycles. The molecular weight excluding hydrogens is 288 g/mol. The Morgan fingerprint density at radius 3 is 2.62 bits per heavy atom. The van der Waals surface area contributed by atoms with E-state index in [1.807, 2.05) is 6.92 Å². The van der Waals surface area contributed by atoms with Crippen LogP contribution in [0.2, 0.25) is 0 Å². The van der Waals surface area contributed by atoms with Crippen LogP contribution in [0.3, 0.4) is 0 Å². The molecule has 0 spiro atoms. The molecule has 0 aromatic carbocycles. The van der Waals surface area contributed by atoms with Gasteiger partial charge in [-0.05, 0) is 32.5 Å². The third kappa shape index (κ3) is 5.99. The number of hydrogen-bond donors (Lipinski definition) is 2. The largest absolute Gasteiger partial charge is 0.370 e. The second-order valence-electron chi connectivity index (χ2n) is 4.74. The molecule has 0 aliphatic heterocycles. The van der Waals surface area contributed by atoms with Gasteiger partial charge in [-0.2, -0.15) is 0 Å². The summed E-state index contributed by atoms with van der Waals surface area (Å²) >= 11 is 0. The van der Waals surface area contributed by atoms with E-state index in [4.69, 9.17) is 0 Å². The van der Waals surface area contributed by atoms with Crippen molar-refractivity contribution in [3.63, 3.8) is 0 Å². The van der Waals surface area contributed by atoms with E-state index in [1.165, 1.54) is 12.3 Å². The van der Waals surface area contributed by atoms with E-state index in [0.717, 1.165) is 19.5 Å². The highest BCUT2D eigenvalue weighted by Crippen LogP contribution is 2.12. The lowest BCUT2D eigenvalue weighted by Crippen LogP contribution is -2.35. The van der Waals surface area contributed by atoms with Gasteiger partial charge in [-0.1, -0.05) is 13.8 Å². The predicted octanol–water partition coefficient (Wildman–Crippen LogP) is 1.52. The Bertz CT molecular complexity index is 519. The Hall–Kier alpha value is -1.18. The molecular formula is C14H26N4O2S. The zero-order valence-corrected chi connectivity index (χ0v) is 13.9. The lowest BCUT2D eigenvalue weighted by atomic mass is 10.4. The highest BCUT2D eigenvalue weighted by atomic mass is 32.2. The van der Waals surface area contributed by atoms with Crippen LogP contribution < -0.4 is 10.0 Å². The van der Waals surface area contributed by atoms with E-state index in [-0.39, 0.29) is 4.90 Å². The van der Waals surface area contributed by atoms with Crippen molar-refractivity contribution in [2.24, 2.45) is 0 Å². The van der Waals surface area contributed by atoms with Crippen LogP contribution in [0.4, 0.5) is 5.82 Å². The maximum atomic E-state index is 12.2. The monoisotopic (exact) mass is 314 g/mol. The van der Waals surface area contributed by atoms with Crippen LogP contribution in [0.5, 0.6) is 0 Å². The Balaban J connectivity index is 2.62. The summed E-state index contributed by atoms with van der Waals surface area (Å²) in [6, 6.07) is 3.06. The summed E-state index contributed by atoms with van der Waals surface area (Å²) in [7, 11) is -3.48. The summed E-state index contributed by atoms with van der Waals surface area (Å²) in [6.07, 6.45) is 2.57. The fourth-order valence-corrected chi connectivity index (χ4v) is 3.06. The lowest BCUT2D eigenvalue weighted by molar-refractivity contribution is 0.293. The van der Waals surface area contributed by atoms with Crippen LogP contribution in [0.25, 0.3) is 0 Å². The summed E-state index contributed by atoms with van der Waals surface area (Å²) in [4.78, 5) is 6.54. The van der Waals surface area contributed by atoms with E-state index in [1.54, 1.807) is 6.07 Å². The number of likely N-dealkylation sites (N-methyl/N-ethyl adjacent to an activating group) is 1. The quantitative estimate of drug-likeness (QED) is 0.685. The number of anilines is 1. The zero-order chi connectivity index (χ0) is 15.7. The van der Waals surface area contributed by atoms with E-state index < -0.39 is 10.0 Å². The molecule has 6 nitrogen and oxygen atoms in total. The Kier molecular flexibility index (Phi) is 7.63. The number of pyridine rings is 1. The molecule has 0 aliphatic rings. The average Bonchev–Trinajstić information content (AvgIpc) is 2.47. The number of nitrogens with one attached hydrogen (secondary N) is 2. The van der Waals surface area contributed by atoms with Crippen molar-refractivity contribution in [3.05, 3.63) is 18.3 Å². The van der Waals surface area contributed by atoms with Crippen molar-refractivity contribution in [1.29, 1.82) is 0 Å². The first-order valence-electron chi connectivity index (χ1n) is 7.45. The smallest absolute Gasteiger partial charge is 0.240 e. The highest BCUT2D eigenvalue weighted by molar-refractivity contribution is 7.89. The van der Waals surface area contributed by atoms with Gasteiger partial charge in [0.25, 0.3) is 0 Å². The molecule has 1 heterocycles. The normalized spacial score (nSPS) is 11.8. The number of rotatable bonds is 10. The van der Waals surface area contributed by atoms with E-state index in [2.05, 4.69) is 33.8 Å². The minimum absolute atomic E-state index is 0.243. The molecule has 0 bridgehead atoms. The molecule has 0 atom stereocenters. The Labute approximate surface area is 128 Å². The highest BCUT2D eigenvalue weighted by Gasteiger charge is 2.14. The number of nitrogens with zero attached hydrogens (tertiary/aromatic N) is 2. The van der Waals surface area contributed by atoms with E-state index in [9.17, 15) is 8.42 Å². The van der Waals surface area contributed by atoms with Gasteiger partial charge >= 0.3 is 0 Å². The van der Waals surface area contributed by atoms with Crippen LogP contribution in [0.1, 0.15) is 27.2 Å². The summed E-state index contributed by atoms with van der Waals surface area (Å²) < 4.78 is 27.1. The van der Waals surface area contributed by atoms with Gasteiger partial charge in [-0.3, -0.25) is 0 Å². The van der Waals surface area contributed by atoms with Gasteiger partial charge in [-0.25, -0.2) is 18.1 Å². The first kappa shape index (κ1) is 17.9. The maximum Gasteiger partial charge on any atom is 0.240 e. The molecule has 0 saturated heterocycles. The lowest BCUT2D eigenvalue weighted by Gasteiger charge is -2.19. The third-order valence-electron chi connectivity index (χ3n) is 3.11. The van der Waals surface area contributed by atoms with Crippen LogP contribution in [-0.4, -0.2) is 51.0 Å². The fourth-order valence-electron chi connectivity index (χ4n) is 2.02. The van der Waals surface area contributed by atoms with Gasteiger partial charge in [0.2, 0.25) is 10.0 Å². The summed E-state index contributed by atoms with van der Waals surface area (Å²) in [5, 5.41) is 3.01. The van der Waals surface area contributed by atoms with Crippen LogP contribution in [-0.2, 0) is 10.0 Å². The number of sulfonamides is 1. The fraction of sp³-hybridized carbons (Fsp3) is 0.643. The van der Waals surface area contributed by atoms with Gasteiger partial charge in [-0.15, -0.1) is 0 Å². The second kappa shape index (κ2) is 8.96. The molecule has 1 rings (SSSR count). The standard InChI is InChI=1S/C14H26N4O2S/c1-4-10-18(6-3)11-9-17-21(19,20)13-7-8-16-14(12-13)15-5-2/h7-8,12,17H,4-6,9-11H2,1-3H3,(H,15,16). The molecule has 1 aromatic rings. The Morgan fingerprint density at radius 1 is 1.24 bits per heavy atom. The summed E-state index contributed by atoms with van der Waals surface area (Å²) in [6.45, 7) is 9.87. The van der Waals surface area contributed by atoms with Gasteiger partial charge in [0, 0.05) is 31.9 Å². The van der Waals surface area contributed by atoms with Gasteiger partial charge in [0.1, 0.15) is 5.82 Å². The molecule has 2 N–H and O–H groups in total. The first-order chi connectivity index (χ1) is 10.0. The van der Waals surface area contributed by atoms with E-state index in [0.29, 0.717) is 25.5 Å². The van der Waals surface area contributed by atoms with Crippen molar-refractivity contribution >= 4 is 15.8 Å². The van der Waals surface area contributed by atoms with E-state index >= 15 is 0 Å². The van der Waals surface area contributed by atoms with Gasteiger partial charge < -0.3 is 10.2 Å². The first-order valence-corrected chi connectivity index (χ1v) is 8.93. The molecule has 0 radical (unpaired) electrons. The van der Waals surface area contributed by atoms with Crippen molar-refractivity contribution in [3.8, 4) is 0 Å². The molecule has 0 fully saturated rings. The van der Waals surface area contributed by atoms with Crippen LogP contribution >= 0.6 is 0 Å². The summed E-state index contributed by atoms with van der Waals surface area (Å²) in [5.41, 5.74) is 0. The Morgan fingerprint density at radius 2 is 2.00 bits per heavy atom. The summed E-state index contributed by atoms with van der Waals surface area (Å²) in [5.74, 6) is 0.571. The average molecular weight is 314 g/mol. The molecule has 0 amide bonds. The van der Waals surface area contributed by atoms with Crippen molar-refractivity contribution in [2.75, 3.05) is 38.0 Å². The molecule has 0 saturated carbocycles. The second-order valence-corrected chi connectivity index (χ2v) is 6.51. The van der Waals surface area contributed by atoms with Crippen molar-refractivity contribution in [2.45, 2.75) is 32.1 Å². The molecule has 21 heavy (non-hydrogen) atoms. The topological polar surface area (TPSA) is 74.3 Å². The van der Waals surface area contributed by atoms with Gasteiger partial charge in [0.15, 0.2) is 0 Å². The number of hydrogen-bond acceptors (Lipinski definition) is 5. The molecule has 1 aromatic heterocycles.